The second-order valence-electron chi connectivity index (χ2n) is 4.75. The molecule has 0 radical (unpaired) electrons. The highest BCUT2D eigenvalue weighted by Gasteiger charge is 2.39. The second kappa shape index (κ2) is 4.49. The average Bonchev–Trinajstić information content (AvgIpc) is 2.43. The SMILES string of the molecule is N[C@@H](c1c2ccccc2cc2ccccc12)C(F)(F)F. The van der Waals surface area contributed by atoms with Crippen molar-refractivity contribution in [2.24, 2.45) is 5.73 Å². The molecule has 0 saturated carbocycles. The monoisotopic (exact) mass is 275 g/mol. The zero-order valence-electron chi connectivity index (χ0n) is 10.5. The van der Waals surface area contributed by atoms with Crippen molar-refractivity contribution in [2.75, 3.05) is 0 Å². The van der Waals surface area contributed by atoms with E-state index in [9.17, 15) is 13.2 Å². The fourth-order valence-corrected chi connectivity index (χ4v) is 2.55. The van der Waals surface area contributed by atoms with Gasteiger partial charge in [0.15, 0.2) is 0 Å². The van der Waals surface area contributed by atoms with Crippen molar-refractivity contribution in [1.29, 1.82) is 0 Å². The fourth-order valence-electron chi connectivity index (χ4n) is 2.55. The molecule has 4 heteroatoms. The van der Waals surface area contributed by atoms with Crippen molar-refractivity contribution < 1.29 is 13.2 Å². The second-order valence-corrected chi connectivity index (χ2v) is 4.75. The van der Waals surface area contributed by atoms with Gasteiger partial charge in [-0.05, 0) is 33.2 Å². The molecule has 0 spiro atoms. The first-order valence-corrected chi connectivity index (χ1v) is 6.21. The van der Waals surface area contributed by atoms with Gasteiger partial charge in [0.2, 0.25) is 0 Å². The van der Waals surface area contributed by atoms with Crippen LogP contribution < -0.4 is 5.73 Å². The number of alkyl halides is 3. The summed E-state index contributed by atoms with van der Waals surface area (Å²) in [4.78, 5) is 0. The van der Waals surface area contributed by atoms with Crippen LogP contribution in [0.25, 0.3) is 21.5 Å². The Bertz CT molecular complexity index is 723. The summed E-state index contributed by atoms with van der Waals surface area (Å²) in [6.45, 7) is 0. The molecule has 0 amide bonds. The van der Waals surface area contributed by atoms with Gasteiger partial charge in [0.1, 0.15) is 6.04 Å². The first-order valence-electron chi connectivity index (χ1n) is 6.21. The van der Waals surface area contributed by atoms with Crippen molar-refractivity contribution in [3.05, 3.63) is 60.2 Å². The highest BCUT2D eigenvalue weighted by atomic mass is 19.4. The van der Waals surface area contributed by atoms with Crippen LogP contribution >= 0.6 is 0 Å². The predicted molar refractivity (Wildman–Crippen MR) is 74.4 cm³/mol. The summed E-state index contributed by atoms with van der Waals surface area (Å²) < 4.78 is 39.2. The maximum absolute atomic E-state index is 13.1. The van der Waals surface area contributed by atoms with Crippen LogP contribution in [0, 0.1) is 0 Å². The smallest absolute Gasteiger partial charge is 0.316 e. The molecule has 2 N–H and O–H groups in total. The third kappa shape index (κ3) is 2.02. The fraction of sp³-hybridized carbons (Fsp3) is 0.125. The molecule has 1 nitrogen and oxygen atoms in total. The van der Waals surface area contributed by atoms with E-state index in [4.69, 9.17) is 5.73 Å². The zero-order chi connectivity index (χ0) is 14.3. The molecule has 0 saturated heterocycles. The lowest BCUT2D eigenvalue weighted by molar-refractivity contribution is -0.148. The summed E-state index contributed by atoms with van der Waals surface area (Å²) in [5, 5.41) is 2.63. The van der Waals surface area contributed by atoms with Crippen LogP contribution in [0.3, 0.4) is 0 Å². The third-order valence-corrected chi connectivity index (χ3v) is 3.48. The molecule has 0 aliphatic heterocycles. The minimum absolute atomic E-state index is 0.145. The Labute approximate surface area is 113 Å². The van der Waals surface area contributed by atoms with Crippen LogP contribution in [-0.2, 0) is 0 Å². The van der Waals surface area contributed by atoms with Gasteiger partial charge in [0, 0.05) is 0 Å². The number of nitrogens with two attached hydrogens (primary N) is 1. The molecule has 0 bridgehead atoms. The van der Waals surface area contributed by atoms with Crippen LogP contribution in [0.15, 0.2) is 54.6 Å². The Hall–Kier alpha value is -2.07. The standard InChI is InChI=1S/C16H12F3N/c17-16(18,19)15(20)14-12-7-3-1-5-10(12)9-11-6-2-4-8-13(11)14/h1-9,15H,20H2/t15-/m0/s1. The van der Waals surface area contributed by atoms with Gasteiger partial charge in [-0.1, -0.05) is 48.5 Å². The van der Waals surface area contributed by atoms with Gasteiger partial charge >= 0.3 is 6.18 Å². The molecule has 3 rings (SSSR count). The largest absolute Gasteiger partial charge is 0.407 e. The molecule has 0 aliphatic carbocycles. The molecule has 3 aromatic carbocycles. The van der Waals surface area contributed by atoms with Crippen molar-refractivity contribution in [3.8, 4) is 0 Å². The Balaban J connectivity index is 2.45. The van der Waals surface area contributed by atoms with E-state index in [2.05, 4.69) is 0 Å². The summed E-state index contributed by atoms with van der Waals surface area (Å²) in [5.74, 6) is 0. The van der Waals surface area contributed by atoms with Crippen LogP contribution in [0.4, 0.5) is 13.2 Å². The van der Waals surface area contributed by atoms with E-state index in [1.54, 1.807) is 48.5 Å². The van der Waals surface area contributed by atoms with E-state index >= 15 is 0 Å². The number of hydrogen-bond donors (Lipinski definition) is 1. The van der Waals surface area contributed by atoms with E-state index in [1.165, 1.54) is 0 Å². The van der Waals surface area contributed by atoms with Gasteiger partial charge < -0.3 is 5.73 Å². The lowest BCUT2D eigenvalue weighted by atomic mass is 9.92. The molecule has 3 aromatic rings. The Kier molecular flexibility index (Phi) is 2.91. The summed E-state index contributed by atoms with van der Waals surface area (Å²) in [7, 11) is 0. The molecule has 0 aliphatic rings. The number of hydrogen-bond acceptors (Lipinski definition) is 1. The average molecular weight is 275 g/mol. The zero-order valence-corrected chi connectivity index (χ0v) is 10.5. The van der Waals surface area contributed by atoms with Gasteiger partial charge in [-0.15, -0.1) is 0 Å². The first kappa shape index (κ1) is 12.9. The summed E-state index contributed by atoms with van der Waals surface area (Å²) >= 11 is 0. The normalized spacial score (nSPS) is 13.8. The molecular weight excluding hydrogens is 263 g/mol. The molecule has 0 heterocycles. The molecule has 1 atom stereocenters. The molecule has 0 aromatic heterocycles. The topological polar surface area (TPSA) is 26.0 Å². The number of benzene rings is 3. The van der Waals surface area contributed by atoms with Crippen molar-refractivity contribution in [3.63, 3.8) is 0 Å². The number of halogens is 3. The minimum atomic E-state index is -4.47. The Morgan fingerprint density at radius 2 is 1.25 bits per heavy atom. The van der Waals surface area contributed by atoms with Gasteiger partial charge in [-0.2, -0.15) is 13.2 Å². The van der Waals surface area contributed by atoms with Crippen LogP contribution in [0.1, 0.15) is 11.6 Å². The first-order chi connectivity index (χ1) is 9.48. The quantitative estimate of drug-likeness (QED) is 0.647. The van der Waals surface area contributed by atoms with E-state index in [0.717, 1.165) is 10.8 Å². The maximum atomic E-state index is 13.1. The van der Waals surface area contributed by atoms with Crippen molar-refractivity contribution in [1.82, 2.24) is 0 Å². The van der Waals surface area contributed by atoms with E-state index in [1.807, 2.05) is 6.07 Å². The van der Waals surface area contributed by atoms with E-state index in [-0.39, 0.29) is 5.56 Å². The highest BCUT2D eigenvalue weighted by molar-refractivity contribution is 6.02. The van der Waals surface area contributed by atoms with E-state index < -0.39 is 12.2 Å². The van der Waals surface area contributed by atoms with Crippen LogP contribution in [0.5, 0.6) is 0 Å². The molecular formula is C16H12F3N. The van der Waals surface area contributed by atoms with Crippen molar-refractivity contribution in [2.45, 2.75) is 12.2 Å². The van der Waals surface area contributed by atoms with Gasteiger partial charge in [-0.3, -0.25) is 0 Å². The molecule has 102 valence electrons. The Morgan fingerprint density at radius 1 is 0.800 bits per heavy atom. The Morgan fingerprint density at radius 3 is 1.70 bits per heavy atom. The third-order valence-electron chi connectivity index (χ3n) is 3.48. The molecule has 20 heavy (non-hydrogen) atoms. The van der Waals surface area contributed by atoms with Gasteiger partial charge in [0.05, 0.1) is 0 Å². The lowest BCUT2D eigenvalue weighted by Crippen LogP contribution is -2.28. The maximum Gasteiger partial charge on any atom is 0.407 e. The van der Waals surface area contributed by atoms with E-state index in [0.29, 0.717) is 10.8 Å². The number of rotatable bonds is 1. The summed E-state index contributed by atoms with van der Waals surface area (Å²) in [5.41, 5.74) is 5.62. The minimum Gasteiger partial charge on any atom is -0.316 e. The van der Waals surface area contributed by atoms with Gasteiger partial charge in [0.25, 0.3) is 0 Å². The van der Waals surface area contributed by atoms with Crippen LogP contribution in [-0.4, -0.2) is 6.18 Å². The summed E-state index contributed by atoms with van der Waals surface area (Å²) in [6, 6.07) is 13.9. The van der Waals surface area contributed by atoms with Gasteiger partial charge in [-0.25, -0.2) is 0 Å². The van der Waals surface area contributed by atoms with Crippen molar-refractivity contribution >= 4 is 21.5 Å². The predicted octanol–water partition coefficient (Wildman–Crippen LogP) is 4.56. The number of fused-ring (bicyclic) bond motifs is 2. The molecule has 0 fully saturated rings. The van der Waals surface area contributed by atoms with Crippen LogP contribution in [0.2, 0.25) is 0 Å². The molecule has 0 unspecified atom stereocenters. The lowest BCUT2D eigenvalue weighted by Gasteiger charge is -2.20. The highest BCUT2D eigenvalue weighted by Crippen LogP contribution is 2.38. The summed E-state index contributed by atoms with van der Waals surface area (Å²) in [6.07, 6.45) is -4.47.